The van der Waals surface area contributed by atoms with Crippen molar-refractivity contribution in [3.05, 3.63) is 64.9 Å². The number of H-pyrrole nitrogens is 1. The SMILES string of the molecule is CC(C)C(NC(=O)CCC(=O)c1ccc(Cl)cc1)c1nc2ccccc2[nH]1. The highest BCUT2D eigenvalue weighted by Crippen LogP contribution is 2.22. The predicted octanol–water partition coefficient (Wildman–Crippen LogP) is 4.69. The van der Waals surface area contributed by atoms with Crippen LogP contribution in [0.3, 0.4) is 0 Å². The molecule has 5 nitrogen and oxygen atoms in total. The molecule has 6 heteroatoms. The number of carbonyl (C=O) groups is 2. The van der Waals surface area contributed by atoms with Crippen molar-refractivity contribution >= 4 is 34.3 Å². The Kier molecular flexibility index (Phi) is 5.91. The molecule has 0 bridgehead atoms. The summed E-state index contributed by atoms with van der Waals surface area (Å²) in [5.74, 6) is 0.633. The smallest absolute Gasteiger partial charge is 0.221 e. The van der Waals surface area contributed by atoms with E-state index in [4.69, 9.17) is 11.6 Å². The van der Waals surface area contributed by atoms with E-state index in [9.17, 15) is 9.59 Å². The number of halogens is 1. The molecule has 0 aliphatic carbocycles. The number of amides is 1. The molecule has 0 aliphatic heterocycles. The zero-order chi connectivity index (χ0) is 19.4. The van der Waals surface area contributed by atoms with Crippen LogP contribution >= 0.6 is 11.6 Å². The Bertz CT molecular complexity index is 914. The van der Waals surface area contributed by atoms with Crippen LogP contribution < -0.4 is 5.32 Å². The number of para-hydroxylation sites is 2. The second kappa shape index (κ2) is 8.35. The number of Topliss-reactive ketones (excluding diaryl/α,β-unsaturated/α-hetero) is 1. The number of nitrogens with one attached hydrogen (secondary N) is 2. The molecule has 1 heterocycles. The van der Waals surface area contributed by atoms with Crippen LogP contribution in [0.2, 0.25) is 5.02 Å². The summed E-state index contributed by atoms with van der Waals surface area (Å²) in [6, 6.07) is 14.2. The molecule has 1 atom stereocenters. The normalized spacial score (nSPS) is 12.3. The van der Waals surface area contributed by atoms with Crippen molar-refractivity contribution in [3.8, 4) is 0 Å². The van der Waals surface area contributed by atoms with Gasteiger partial charge in [0.15, 0.2) is 5.78 Å². The number of hydrogen-bond acceptors (Lipinski definition) is 3. The van der Waals surface area contributed by atoms with Crippen LogP contribution in [0.5, 0.6) is 0 Å². The van der Waals surface area contributed by atoms with Crippen LogP contribution in [-0.4, -0.2) is 21.7 Å². The third-order valence-electron chi connectivity index (χ3n) is 4.43. The van der Waals surface area contributed by atoms with Crippen LogP contribution in [0.1, 0.15) is 48.9 Å². The van der Waals surface area contributed by atoms with Gasteiger partial charge in [0.05, 0.1) is 17.1 Å². The number of benzene rings is 2. The van der Waals surface area contributed by atoms with Crippen molar-refractivity contribution in [2.45, 2.75) is 32.7 Å². The molecule has 2 N–H and O–H groups in total. The maximum atomic E-state index is 12.4. The van der Waals surface area contributed by atoms with E-state index >= 15 is 0 Å². The Balaban J connectivity index is 1.63. The molecule has 3 aromatic rings. The summed E-state index contributed by atoms with van der Waals surface area (Å²) in [7, 11) is 0. The highest BCUT2D eigenvalue weighted by Gasteiger charge is 2.22. The van der Waals surface area contributed by atoms with Gasteiger partial charge in [-0.05, 0) is 42.3 Å². The maximum Gasteiger partial charge on any atom is 0.221 e. The molecule has 3 rings (SSSR count). The van der Waals surface area contributed by atoms with Gasteiger partial charge in [0.2, 0.25) is 5.91 Å². The van der Waals surface area contributed by atoms with Gasteiger partial charge in [-0.3, -0.25) is 9.59 Å². The highest BCUT2D eigenvalue weighted by molar-refractivity contribution is 6.30. The van der Waals surface area contributed by atoms with Crippen LogP contribution in [0.25, 0.3) is 11.0 Å². The van der Waals surface area contributed by atoms with Gasteiger partial charge in [0.1, 0.15) is 5.82 Å². The zero-order valence-corrected chi connectivity index (χ0v) is 16.1. The predicted molar refractivity (Wildman–Crippen MR) is 107 cm³/mol. The minimum Gasteiger partial charge on any atom is -0.346 e. The lowest BCUT2D eigenvalue weighted by Crippen LogP contribution is -2.32. The van der Waals surface area contributed by atoms with Gasteiger partial charge in [-0.1, -0.05) is 37.6 Å². The molecule has 1 aromatic heterocycles. The quantitative estimate of drug-likeness (QED) is 0.581. The molecule has 2 aromatic carbocycles. The first kappa shape index (κ1) is 19.1. The standard InChI is InChI=1S/C21H22ClN3O2/c1-13(2)20(21-23-16-5-3-4-6-17(16)24-21)25-19(27)12-11-18(26)14-7-9-15(22)10-8-14/h3-10,13,20H,11-12H2,1-2H3,(H,23,24)(H,25,27). The van der Waals surface area contributed by atoms with Crippen molar-refractivity contribution in [2.75, 3.05) is 0 Å². The average Bonchev–Trinajstić information content (AvgIpc) is 3.08. The van der Waals surface area contributed by atoms with Gasteiger partial charge in [-0.2, -0.15) is 0 Å². The molecule has 0 spiro atoms. The Hall–Kier alpha value is -2.66. The molecule has 1 amide bonds. The number of aromatic amines is 1. The third kappa shape index (κ3) is 4.74. The lowest BCUT2D eigenvalue weighted by Gasteiger charge is -2.20. The van der Waals surface area contributed by atoms with Crippen LogP contribution in [0.4, 0.5) is 0 Å². The summed E-state index contributed by atoms with van der Waals surface area (Å²) >= 11 is 5.83. The molecule has 0 aliphatic rings. The first-order chi connectivity index (χ1) is 12.9. The zero-order valence-electron chi connectivity index (χ0n) is 15.3. The summed E-state index contributed by atoms with van der Waals surface area (Å²) < 4.78 is 0. The fourth-order valence-electron chi connectivity index (χ4n) is 2.92. The molecule has 0 saturated carbocycles. The van der Waals surface area contributed by atoms with Gasteiger partial charge < -0.3 is 10.3 Å². The van der Waals surface area contributed by atoms with Crippen LogP contribution in [0, 0.1) is 5.92 Å². The fraction of sp³-hybridized carbons (Fsp3) is 0.286. The molecule has 1 unspecified atom stereocenters. The van der Waals surface area contributed by atoms with Gasteiger partial charge in [-0.25, -0.2) is 4.98 Å². The summed E-state index contributed by atoms with van der Waals surface area (Å²) in [6.45, 7) is 4.05. The molecule has 27 heavy (non-hydrogen) atoms. The minimum atomic E-state index is -0.240. The monoisotopic (exact) mass is 383 g/mol. The first-order valence-corrected chi connectivity index (χ1v) is 9.34. The minimum absolute atomic E-state index is 0.0772. The largest absolute Gasteiger partial charge is 0.346 e. The van der Waals surface area contributed by atoms with E-state index in [1.807, 2.05) is 38.1 Å². The van der Waals surface area contributed by atoms with E-state index in [0.717, 1.165) is 16.9 Å². The van der Waals surface area contributed by atoms with Crippen LogP contribution in [-0.2, 0) is 4.79 Å². The number of aromatic nitrogens is 2. The summed E-state index contributed by atoms with van der Waals surface area (Å²) in [4.78, 5) is 32.5. The fourth-order valence-corrected chi connectivity index (χ4v) is 3.05. The van der Waals surface area contributed by atoms with Crippen molar-refractivity contribution in [1.82, 2.24) is 15.3 Å². The topological polar surface area (TPSA) is 74.8 Å². The second-order valence-corrected chi connectivity index (χ2v) is 7.29. The molecule has 0 fully saturated rings. The van der Waals surface area contributed by atoms with Crippen LogP contribution in [0.15, 0.2) is 48.5 Å². The molecule has 0 radical (unpaired) electrons. The summed E-state index contributed by atoms with van der Waals surface area (Å²) in [5.41, 5.74) is 2.36. The Labute approximate surface area is 163 Å². The van der Waals surface area contributed by atoms with Crippen molar-refractivity contribution < 1.29 is 9.59 Å². The lowest BCUT2D eigenvalue weighted by molar-refractivity contribution is -0.122. The number of imidazole rings is 1. The van der Waals surface area contributed by atoms with Crippen molar-refractivity contribution in [2.24, 2.45) is 5.92 Å². The van der Waals surface area contributed by atoms with E-state index in [0.29, 0.717) is 10.6 Å². The number of carbonyl (C=O) groups excluding carboxylic acids is 2. The number of fused-ring (bicyclic) bond motifs is 1. The van der Waals surface area contributed by atoms with Gasteiger partial charge in [0, 0.05) is 23.4 Å². The number of ketones is 1. The van der Waals surface area contributed by atoms with Crippen molar-refractivity contribution in [1.29, 1.82) is 0 Å². The first-order valence-electron chi connectivity index (χ1n) is 8.97. The maximum absolute atomic E-state index is 12.4. The number of hydrogen-bond donors (Lipinski definition) is 2. The molecular weight excluding hydrogens is 362 g/mol. The second-order valence-electron chi connectivity index (χ2n) is 6.86. The van der Waals surface area contributed by atoms with Gasteiger partial charge in [-0.15, -0.1) is 0 Å². The Morgan fingerprint density at radius 1 is 1.07 bits per heavy atom. The van der Waals surface area contributed by atoms with E-state index in [1.54, 1.807) is 24.3 Å². The van der Waals surface area contributed by atoms with Gasteiger partial charge in [0.25, 0.3) is 0 Å². The van der Waals surface area contributed by atoms with E-state index < -0.39 is 0 Å². The summed E-state index contributed by atoms with van der Waals surface area (Å²) in [6.07, 6.45) is 0.281. The lowest BCUT2D eigenvalue weighted by atomic mass is 10.0. The molecule has 0 saturated heterocycles. The molecule has 140 valence electrons. The van der Waals surface area contributed by atoms with Crippen molar-refractivity contribution in [3.63, 3.8) is 0 Å². The Morgan fingerprint density at radius 2 is 1.78 bits per heavy atom. The van der Waals surface area contributed by atoms with E-state index in [-0.39, 0.29) is 36.5 Å². The molecular formula is C21H22ClN3O2. The van der Waals surface area contributed by atoms with E-state index in [1.165, 1.54) is 0 Å². The number of rotatable bonds is 7. The number of nitrogens with zero attached hydrogens (tertiary/aromatic N) is 1. The third-order valence-corrected chi connectivity index (χ3v) is 4.68. The average molecular weight is 384 g/mol. The Morgan fingerprint density at radius 3 is 2.44 bits per heavy atom. The summed E-state index contributed by atoms with van der Waals surface area (Å²) in [5, 5.41) is 3.58. The van der Waals surface area contributed by atoms with E-state index in [2.05, 4.69) is 15.3 Å². The highest BCUT2D eigenvalue weighted by atomic mass is 35.5. The van der Waals surface area contributed by atoms with Gasteiger partial charge >= 0.3 is 0 Å².